The first-order chi connectivity index (χ1) is 8.11. The molecule has 1 aromatic carbocycles. The third kappa shape index (κ3) is 2.88. The predicted molar refractivity (Wildman–Crippen MR) is 77.7 cm³/mol. The predicted octanol–water partition coefficient (Wildman–Crippen LogP) is 4.51. The first-order valence-electron chi connectivity index (χ1n) is 5.20. The van der Waals surface area contributed by atoms with E-state index in [0.29, 0.717) is 6.04 Å². The number of nitrogens with zero attached hydrogens (tertiary/aromatic N) is 1. The molecule has 0 radical (unpaired) electrons. The normalized spacial score (nSPS) is 12.7. The summed E-state index contributed by atoms with van der Waals surface area (Å²) in [5.41, 5.74) is 0.981. The number of aromatic nitrogens is 1. The molecular formula is C12H12BrClN2S. The topological polar surface area (TPSA) is 24.9 Å². The summed E-state index contributed by atoms with van der Waals surface area (Å²) in [7, 11) is 1.94. The summed E-state index contributed by atoms with van der Waals surface area (Å²) in [6.07, 6.45) is 1.90. The van der Waals surface area contributed by atoms with E-state index in [1.54, 1.807) is 11.3 Å². The molecule has 90 valence electrons. The maximum Gasteiger partial charge on any atom is 0.125 e. The van der Waals surface area contributed by atoms with Crippen molar-refractivity contribution < 1.29 is 0 Å². The lowest BCUT2D eigenvalue weighted by Gasteiger charge is -2.05. The van der Waals surface area contributed by atoms with Gasteiger partial charge in [0.25, 0.3) is 0 Å². The van der Waals surface area contributed by atoms with E-state index in [-0.39, 0.29) is 0 Å². The number of hydrogen-bond acceptors (Lipinski definition) is 3. The van der Waals surface area contributed by atoms with Crippen molar-refractivity contribution in [3.63, 3.8) is 0 Å². The molecule has 0 amide bonds. The van der Waals surface area contributed by atoms with Crippen LogP contribution in [0.2, 0.25) is 5.02 Å². The maximum atomic E-state index is 6.21. The average molecular weight is 332 g/mol. The van der Waals surface area contributed by atoms with Crippen LogP contribution in [-0.2, 0) is 0 Å². The lowest BCUT2D eigenvalue weighted by atomic mass is 10.2. The average Bonchev–Trinajstić information content (AvgIpc) is 2.77. The third-order valence-corrected chi connectivity index (χ3v) is 4.56. The number of hydrogen-bond donors (Lipinski definition) is 1. The second-order valence-corrected chi connectivity index (χ2v) is 6.09. The van der Waals surface area contributed by atoms with Gasteiger partial charge in [0.1, 0.15) is 5.01 Å². The SMILES string of the molecule is CNC(C)c1cnc(-c2ccc(Br)cc2Cl)s1. The van der Waals surface area contributed by atoms with Crippen LogP contribution in [0.4, 0.5) is 0 Å². The van der Waals surface area contributed by atoms with Gasteiger partial charge < -0.3 is 5.32 Å². The summed E-state index contributed by atoms with van der Waals surface area (Å²) in [5.74, 6) is 0. The van der Waals surface area contributed by atoms with Gasteiger partial charge in [0.05, 0.1) is 5.02 Å². The van der Waals surface area contributed by atoms with Crippen molar-refractivity contribution in [3.05, 3.63) is 38.8 Å². The summed E-state index contributed by atoms with van der Waals surface area (Å²) in [5, 5.41) is 4.88. The van der Waals surface area contributed by atoms with Crippen LogP contribution in [0, 0.1) is 0 Å². The molecule has 0 aliphatic rings. The minimum atomic E-state index is 0.315. The molecule has 0 bridgehead atoms. The number of nitrogens with one attached hydrogen (secondary N) is 1. The van der Waals surface area contributed by atoms with E-state index in [1.807, 2.05) is 31.4 Å². The Morgan fingerprint density at radius 1 is 1.47 bits per heavy atom. The van der Waals surface area contributed by atoms with Crippen molar-refractivity contribution in [1.82, 2.24) is 10.3 Å². The number of halogens is 2. The van der Waals surface area contributed by atoms with Crippen LogP contribution in [0.25, 0.3) is 10.6 Å². The van der Waals surface area contributed by atoms with Crippen LogP contribution in [0.3, 0.4) is 0 Å². The van der Waals surface area contributed by atoms with Gasteiger partial charge in [0.15, 0.2) is 0 Å². The van der Waals surface area contributed by atoms with Gasteiger partial charge in [-0.05, 0) is 32.2 Å². The van der Waals surface area contributed by atoms with Gasteiger partial charge >= 0.3 is 0 Å². The minimum Gasteiger partial charge on any atom is -0.312 e. The van der Waals surface area contributed by atoms with Crippen molar-refractivity contribution >= 4 is 38.9 Å². The lowest BCUT2D eigenvalue weighted by Crippen LogP contribution is -2.10. The fourth-order valence-electron chi connectivity index (χ4n) is 1.42. The Labute approximate surface area is 118 Å². The van der Waals surface area contributed by atoms with E-state index in [9.17, 15) is 0 Å². The molecule has 5 heteroatoms. The first-order valence-corrected chi connectivity index (χ1v) is 7.19. The second-order valence-electron chi connectivity index (χ2n) is 3.70. The van der Waals surface area contributed by atoms with Crippen molar-refractivity contribution in [2.45, 2.75) is 13.0 Å². The summed E-state index contributed by atoms with van der Waals surface area (Å²) in [6, 6.07) is 6.16. The van der Waals surface area contributed by atoms with Crippen LogP contribution >= 0.6 is 38.9 Å². The molecule has 2 nitrogen and oxygen atoms in total. The molecule has 0 saturated heterocycles. The quantitative estimate of drug-likeness (QED) is 0.895. The van der Waals surface area contributed by atoms with E-state index >= 15 is 0 Å². The molecule has 1 heterocycles. The van der Waals surface area contributed by atoms with Crippen molar-refractivity contribution in [1.29, 1.82) is 0 Å². The Bertz CT molecular complexity index is 527. The molecule has 0 aliphatic carbocycles. The van der Waals surface area contributed by atoms with Gasteiger partial charge in [-0.3, -0.25) is 0 Å². The fraction of sp³-hybridized carbons (Fsp3) is 0.250. The van der Waals surface area contributed by atoms with E-state index < -0.39 is 0 Å². The molecule has 1 N–H and O–H groups in total. The van der Waals surface area contributed by atoms with E-state index in [2.05, 4.69) is 33.2 Å². The van der Waals surface area contributed by atoms with Crippen molar-refractivity contribution in [3.8, 4) is 10.6 Å². The van der Waals surface area contributed by atoms with E-state index in [0.717, 1.165) is 20.1 Å². The molecule has 0 saturated carbocycles. The van der Waals surface area contributed by atoms with Crippen LogP contribution in [-0.4, -0.2) is 12.0 Å². The first kappa shape index (κ1) is 13.0. The van der Waals surface area contributed by atoms with Crippen molar-refractivity contribution in [2.24, 2.45) is 0 Å². The lowest BCUT2D eigenvalue weighted by molar-refractivity contribution is 0.662. The Hall–Kier alpha value is -0.420. The Morgan fingerprint density at radius 3 is 2.88 bits per heavy atom. The molecule has 1 unspecified atom stereocenters. The summed E-state index contributed by atoms with van der Waals surface area (Å²) >= 11 is 11.3. The van der Waals surface area contributed by atoms with Gasteiger partial charge in [-0.15, -0.1) is 11.3 Å². The molecule has 1 atom stereocenters. The Balaban J connectivity index is 2.37. The van der Waals surface area contributed by atoms with Gasteiger partial charge in [0, 0.05) is 27.2 Å². The fourth-order valence-corrected chi connectivity index (χ4v) is 3.25. The van der Waals surface area contributed by atoms with E-state index in [4.69, 9.17) is 11.6 Å². The standard InChI is InChI=1S/C12H12BrClN2S/c1-7(15-2)11-6-16-12(17-11)9-4-3-8(13)5-10(9)14/h3-7,15H,1-2H3. The molecule has 0 fully saturated rings. The monoisotopic (exact) mass is 330 g/mol. The number of thiazole rings is 1. The molecule has 2 rings (SSSR count). The highest BCUT2D eigenvalue weighted by Crippen LogP contribution is 2.34. The molecule has 0 aliphatic heterocycles. The second kappa shape index (κ2) is 5.48. The van der Waals surface area contributed by atoms with Gasteiger partial charge in [-0.1, -0.05) is 27.5 Å². The van der Waals surface area contributed by atoms with Crippen molar-refractivity contribution in [2.75, 3.05) is 7.05 Å². The molecule has 1 aromatic heterocycles. The highest BCUT2D eigenvalue weighted by Gasteiger charge is 2.11. The number of rotatable bonds is 3. The zero-order valence-corrected chi connectivity index (χ0v) is 12.7. The van der Waals surface area contributed by atoms with Crippen LogP contribution in [0.5, 0.6) is 0 Å². The zero-order valence-electron chi connectivity index (χ0n) is 9.50. The molecule has 2 aromatic rings. The van der Waals surface area contributed by atoms with E-state index in [1.165, 1.54) is 4.88 Å². The smallest absolute Gasteiger partial charge is 0.125 e. The van der Waals surface area contributed by atoms with Crippen LogP contribution in [0.15, 0.2) is 28.9 Å². The Morgan fingerprint density at radius 2 is 2.24 bits per heavy atom. The van der Waals surface area contributed by atoms with Crippen LogP contribution in [0.1, 0.15) is 17.8 Å². The number of benzene rings is 1. The molecule has 0 spiro atoms. The van der Waals surface area contributed by atoms with Gasteiger partial charge in [0.2, 0.25) is 0 Å². The third-order valence-electron chi connectivity index (χ3n) is 2.54. The highest BCUT2D eigenvalue weighted by atomic mass is 79.9. The zero-order chi connectivity index (χ0) is 12.4. The van der Waals surface area contributed by atoms with Gasteiger partial charge in [-0.25, -0.2) is 4.98 Å². The molecule has 17 heavy (non-hydrogen) atoms. The molecular weight excluding hydrogens is 320 g/mol. The van der Waals surface area contributed by atoms with Crippen LogP contribution < -0.4 is 5.32 Å². The summed E-state index contributed by atoms with van der Waals surface area (Å²) in [4.78, 5) is 5.63. The largest absolute Gasteiger partial charge is 0.312 e. The highest BCUT2D eigenvalue weighted by molar-refractivity contribution is 9.10. The summed E-state index contributed by atoms with van der Waals surface area (Å²) < 4.78 is 0.978. The Kier molecular flexibility index (Phi) is 4.20. The van der Waals surface area contributed by atoms with Gasteiger partial charge in [-0.2, -0.15) is 0 Å². The summed E-state index contributed by atoms with van der Waals surface area (Å²) in [6.45, 7) is 2.11. The minimum absolute atomic E-state index is 0.315. The maximum absolute atomic E-state index is 6.21.